The predicted octanol–water partition coefficient (Wildman–Crippen LogP) is 2.54. The van der Waals surface area contributed by atoms with Gasteiger partial charge >= 0.3 is 6.18 Å². The lowest BCUT2D eigenvalue weighted by atomic mass is 9.94. The van der Waals surface area contributed by atoms with Gasteiger partial charge in [0.05, 0.1) is 5.92 Å². The van der Waals surface area contributed by atoms with Crippen molar-refractivity contribution in [2.75, 3.05) is 19.6 Å². The molecule has 21 heavy (non-hydrogen) atoms. The number of halogens is 3. The zero-order valence-electron chi connectivity index (χ0n) is 11.9. The maximum Gasteiger partial charge on any atom is 0.396 e. The number of rotatable bonds is 3. The molecule has 1 heterocycles. The van der Waals surface area contributed by atoms with Crippen LogP contribution in [0.4, 0.5) is 13.2 Å². The number of alkyl halides is 3. The topological polar surface area (TPSA) is 32.3 Å². The summed E-state index contributed by atoms with van der Waals surface area (Å²) >= 11 is 0. The predicted molar refractivity (Wildman–Crippen MR) is 73.9 cm³/mol. The maximum absolute atomic E-state index is 13.2. The van der Waals surface area contributed by atoms with Crippen molar-refractivity contribution >= 4 is 5.91 Å². The Morgan fingerprint density at radius 2 is 2.05 bits per heavy atom. The van der Waals surface area contributed by atoms with Gasteiger partial charge in [-0.1, -0.05) is 30.3 Å². The van der Waals surface area contributed by atoms with Gasteiger partial charge in [-0.25, -0.2) is 0 Å². The summed E-state index contributed by atoms with van der Waals surface area (Å²) in [4.78, 5) is 13.8. The van der Waals surface area contributed by atoms with Crippen LogP contribution in [-0.2, 0) is 4.79 Å². The number of benzene rings is 1. The van der Waals surface area contributed by atoms with E-state index in [0.717, 1.165) is 0 Å². The fourth-order valence-electron chi connectivity index (χ4n) is 2.61. The first-order chi connectivity index (χ1) is 9.89. The molecule has 3 nitrogen and oxygen atoms in total. The van der Waals surface area contributed by atoms with Crippen molar-refractivity contribution in [3.63, 3.8) is 0 Å². The highest BCUT2D eigenvalue weighted by Gasteiger charge is 2.42. The molecule has 0 spiro atoms. The number of nitrogens with zero attached hydrogens (tertiary/aromatic N) is 1. The Hall–Kier alpha value is -1.56. The van der Waals surface area contributed by atoms with Crippen LogP contribution < -0.4 is 5.32 Å². The van der Waals surface area contributed by atoms with Crippen molar-refractivity contribution in [2.24, 2.45) is 0 Å². The fourth-order valence-corrected chi connectivity index (χ4v) is 2.61. The molecule has 1 amide bonds. The Morgan fingerprint density at radius 3 is 2.62 bits per heavy atom. The van der Waals surface area contributed by atoms with E-state index in [2.05, 4.69) is 5.32 Å². The maximum atomic E-state index is 13.2. The summed E-state index contributed by atoms with van der Waals surface area (Å²) in [5, 5.41) is 3.12. The molecule has 1 aliphatic rings. The average molecular weight is 300 g/mol. The van der Waals surface area contributed by atoms with Crippen LogP contribution in [-0.4, -0.2) is 42.7 Å². The number of nitrogens with one attached hydrogen (secondary N) is 1. The minimum atomic E-state index is -4.42. The molecular formula is C15H19F3N2O. The summed E-state index contributed by atoms with van der Waals surface area (Å²) in [5.41, 5.74) is 0.140. The first-order valence-electron chi connectivity index (χ1n) is 7.01. The quantitative estimate of drug-likeness (QED) is 0.930. The highest BCUT2D eigenvalue weighted by atomic mass is 19.4. The van der Waals surface area contributed by atoms with Gasteiger partial charge < -0.3 is 10.2 Å². The second-order valence-corrected chi connectivity index (χ2v) is 5.35. The summed E-state index contributed by atoms with van der Waals surface area (Å²) < 4.78 is 39.7. The van der Waals surface area contributed by atoms with Crippen LogP contribution in [0.25, 0.3) is 0 Å². The Kier molecular flexibility index (Phi) is 4.88. The van der Waals surface area contributed by atoms with Crippen LogP contribution in [0.3, 0.4) is 0 Å². The van der Waals surface area contributed by atoms with Gasteiger partial charge in [0, 0.05) is 32.1 Å². The van der Waals surface area contributed by atoms with Crippen molar-refractivity contribution in [3.8, 4) is 0 Å². The minimum absolute atomic E-state index is 0.0732. The second-order valence-electron chi connectivity index (χ2n) is 5.35. The third-order valence-electron chi connectivity index (χ3n) is 3.80. The van der Waals surface area contributed by atoms with Crippen molar-refractivity contribution in [1.29, 1.82) is 0 Å². The lowest BCUT2D eigenvalue weighted by Gasteiger charge is -2.35. The number of piperazine rings is 1. The smallest absolute Gasteiger partial charge is 0.337 e. The molecule has 1 fully saturated rings. The van der Waals surface area contributed by atoms with E-state index in [-0.39, 0.29) is 11.6 Å². The van der Waals surface area contributed by atoms with E-state index in [1.54, 1.807) is 18.2 Å². The first kappa shape index (κ1) is 15.8. The largest absolute Gasteiger partial charge is 0.396 e. The molecule has 0 aromatic heterocycles. The van der Waals surface area contributed by atoms with E-state index >= 15 is 0 Å². The molecular weight excluding hydrogens is 281 g/mol. The van der Waals surface area contributed by atoms with Crippen LogP contribution >= 0.6 is 0 Å². The van der Waals surface area contributed by atoms with Gasteiger partial charge in [-0.2, -0.15) is 13.2 Å². The molecule has 1 aromatic carbocycles. The molecule has 6 heteroatoms. The lowest BCUT2D eigenvalue weighted by Crippen LogP contribution is -2.52. The van der Waals surface area contributed by atoms with Crippen molar-refractivity contribution in [3.05, 3.63) is 35.9 Å². The molecule has 1 N–H and O–H groups in total. The minimum Gasteiger partial charge on any atom is -0.337 e. The van der Waals surface area contributed by atoms with Crippen LogP contribution in [0.15, 0.2) is 30.3 Å². The van der Waals surface area contributed by atoms with E-state index in [1.165, 1.54) is 17.0 Å². The molecule has 2 unspecified atom stereocenters. The Balaban J connectivity index is 2.14. The van der Waals surface area contributed by atoms with E-state index in [1.807, 2.05) is 6.92 Å². The summed E-state index contributed by atoms with van der Waals surface area (Å²) in [6.45, 7) is 3.54. The monoisotopic (exact) mass is 300 g/mol. The molecule has 1 aliphatic heterocycles. The highest BCUT2D eigenvalue weighted by molar-refractivity contribution is 5.77. The van der Waals surface area contributed by atoms with Gasteiger partial charge in [0.15, 0.2) is 0 Å². The van der Waals surface area contributed by atoms with E-state index in [4.69, 9.17) is 0 Å². The summed E-state index contributed by atoms with van der Waals surface area (Å²) in [6.07, 6.45) is -4.95. The summed E-state index contributed by atoms with van der Waals surface area (Å²) in [5.74, 6) is -2.18. The molecule has 0 bridgehead atoms. The third-order valence-corrected chi connectivity index (χ3v) is 3.80. The van der Waals surface area contributed by atoms with Crippen LogP contribution in [0.5, 0.6) is 0 Å². The van der Waals surface area contributed by atoms with E-state index in [0.29, 0.717) is 19.6 Å². The number of carbonyl (C=O) groups is 1. The van der Waals surface area contributed by atoms with Gasteiger partial charge in [0.25, 0.3) is 0 Å². The molecule has 116 valence electrons. The summed E-state index contributed by atoms with van der Waals surface area (Å²) in [6, 6.07) is 7.56. The van der Waals surface area contributed by atoms with E-state index in [9.17, 15) is 18.0 Å². The molecule has 1 aromatic rings. The zero-order chi connectivity index (χ0) is 15.5. The first-order valence-corrected chi connectivity index (χ1v) is 7.01. The van der Waals surface area contributed by atoms with Gasteiger partial charge in [0.1, 0.15) is 0 Å². The number of hydrogen-bond donors (Lipinski definition) is 1. The van der Waals surface area contributed by atoms with Gasteiger partial charge in [-0.3, -0.25) is 4.79 Å². The fraction of sp³-hybridized carbons (Fsp3) is 0.533. The number of hydrogen-bond acceptors (Lipinski definition) is 2. The average Bonchev–Trinajstić information content (AvgIpc) is 2.44. The number of amides is 1. The normalized spacial score (nSPS) is 21.1. The highest BCUT2D eigenvalue weighted by Crippen LogP contribution is 2.37. The molecule has 2 rings (SSSR count). The molecule has 0 aliphatic carbocycles. The van der Waals surface area contributed by atoms with Crippen molar-refractivity contribution in [2.45, 2.75) is 31.5 Å². The molecule has 1 saturated heterocycles. The SMILES string of the molecule is CC1CNCCN1C(=O)CC(c1ccccc1)C(F)(F)F. The Labute approximate surface area is 122 Å². The third kappa shape index (κ3) is 3.97. The van der Waals surface area contributed by atoms with Gasteiger partial charge in [-0.15, -0.1) is 0 Å². The van der Waals surface area contributed by atoms with Crippen molar-refractivity contribution in [1.82, 2.24) is 10.2 Å². The van der Waals surface area contributed by atoms with E-state index < -0.39 is 24.4 Å². The molecule has 0 saturated carbocycles. The summed E-state index contributed by atoms with van der Waals surface area (Å²) in [7, 11) is 0. The Morgan fingerprint density at radius 1 is 1.38 bits per heavy atom. The van der Waals surface area contributed by atoms with Crippen molar-refractivity contribution < 1.29 is 18.0 Å². The standard InChI is InChI=1S/C15H19F3N2O/c1-11-10-19-7-8-20(11)14(21)9-13(15(16,17)18)12-5-3-2-4-6-12/h2-6,11,13,19H,7-10H2,1H3. The van der Waals surface area contributed by atoms with Crippen LogP contribution in [0, 0.1) is 0 Å². The number of carbonyl (C=O) groups excluding carboxylic acids is 1. The second kappa shape index (κ2) is 6.47. The Bertz CT molecular complexity index is 476. The van der Waals surface area contributed by atoms with Crippen LogP contribution in [0.2, 0.25) is 0 Å². The van der Waals surface area contributed by atoms with Gasteiger partial charge in [-0.05, 0) is 12.5 Å². The van der Waals surface area contributed by atoms with Gasteiger partial charge in [0.2, 0.25) is 5.91 Å². The molecule has 0 radical (unpaired) electrons. The zero-order valence-corrected chi connectivity index (χ0v) is 11.9. The lowest BCUT2D eigenvalue weighted by molar-refractivity contribution is -0.161. The molecule has 2 atom stereocenters. The van der Waals surface area contributed by atoms with Crippen LogP contribution in [0.1, 0.15) is 24.8 Å².